The summed E-state index contributed by atoms with van der Waals surface area (Å²) in [4.78, 5) is 0. The molecule has 2 nitrogen and oxygen atoms in total. The van der Waals surface area contributed by atoms with Crippen LogP contribution in [0.5, 0.6) is 5.75 Å². The Hall–Kier alpha value is -1.56. The van der Waals surface area contributed by atoms with E-state index >= 15 is 0 Å². The van der Waals surface area contributed by atoms with Crippen LogP contribution in [0.15, 0.2) is 18.2 Å². The number of hydrogen-bond acceptors (Lipinski definition) is 2. The van der Waals surface area contributed by atoms with Gasteiger partial charge in [-0.2, -0.15) is 5.26 Å². The maximum atomic E-state index is 13.7. The standard InChI is InChI=1S/C12H12FNO/c13-11-9(4-3-5-10(11)15)12(8-14)6-1-2-7-12/h3-5,15H,1-2,6-7H2. The zero-order valence-corrected chi connectivity index (χ0v) is 8.33. The Bertz CT molecular complexity index is 416. The van der Waals surface area contributed by atoms with Crippen molar-refractivity contribution in [3.63, 3.8) is 0 Å². The zero-order valence-electron chi connectivity index (χ0n) is 8.33. The molecule has 15 heavy (non-hydrogen) atoms. The Morgan fingerprint density at radius 3 is 2.60 bits per heavy atom. The molecule has 0 unspecified atom stereocenters. The van der Waals surface area contributed by atoms with Gasteiger partial charge in [-0.3, -0.25) is 0 Å². The molecule has 1 aromatic carbocycles. The van der Waals surface area contributed by atoms with Crippen molar-refractivity contribution in [2.45, 2.75) is 31.1 Å². The third kappa shape index (κ3) is 1.46. The van der Waals surface area contributed by atoms with Crippen LogP contribution in [0.4, 0.5) is 4.39 Å². The van der Waals surface area contributed by atoms with Gasteiger partial charge in [0.05, 0.1) is 11.5 Å². The number of rotatable bonds is 1. The lowest BCUT2D eigenvalue weighted by molar-refractivity contribution is 0.417. The number of phenolic OH excluding ortho intramolecular Hbond substituents is 1. The first-order valence-corrected chi connectivity index (χ1v) is 5.09. The van der Waals surface area contributed by atoms with Crippen LogP contribution in [0.25, 0.3) is 0 Å². The molecule has 0 saturated heterocycles. The summed E-state index contributed by atoms with van der Waals surface area (Å²) in [6, 6.07) is 6.70. The molecule has 0 aliphatic heterocycles. The maximum absolute atomic E-state index is 13.7. The van der Waals surface area contributed by atoms with Gasteiger partial charge in [-0.1, -0.05) is 25.0 Å². The van der Waals surface area contributed by atoms with Crippen LogP contribution in [0, 0.1) is 17.1 Å². The highest BCUT2D eigenvalue weighted by Crippen LogP contribution is 2.42. The molecule has 0 radical (unpaired) electrons. The van der Waals surface area contributed by atoms with E-state index in [1.165, 1.54) is 6.07 Å². The Morgan fingerprint density at radius 1 is 1.33 bits per heavy atom. The molecule has 3 heteroatoms. The van der Waals surface area contributed by atoms with Crippen LogP contribution < -0.4 is 0 Å². The lowest BCUT2D eigenvalue weighted by Crippen LogP contribution is -2.20. The van der Waals surface area contributed by atoms with E-state index in [-0.39, 0.29) is 5.75 Å². The fourth-order valence-corrected chi connectivity index (χ4v) is 2.31. The minimum atomic E-state index is -0.719. The molecule has 0 atom stereocenters. The van der Waals surface area contributed by atoms with Gasteiger partial charge in [-0.05, 0) is 18.9 Å². The number of hydrogen-bond donors (Lipinski definition) is 1. The first-order chi connectivity index (χ1) is 7.19. The van der Waals surface area contributed by atoms with Gasteiger partial charge in [0.15, 0.2) is 11.6 Å². The lowest BCUT2D eigenvalue weighted by Gasteiger charge is -2.21. The van der Waals surface area contributed by atoms with Crippen molar-refractivity contribution in [2.24, 2.45) is 0 Å². The molecule has 0 amide bonds. The number of nitriles is 1. The summed E-state index contributed by atoms with van der Waals surface area (Å²) in [6.45, 7) is 0. The van der Waals surface area contributed by atoms with Gasteiger partial charge in [0, 0.05) is 5.56 Å². The Kier molecular flexibility index (Phi) is 2.36. The minimum Gasteiger partial charge on any atom is -0.505 e. The fourth-order valence-electron chi connectivity index (χ4n) is 2.31. The molecule has 1 fully saturated rings. The molecular formula is C12H12FNO. The summed E-state index contributed by atoms with van der Waals surface area (Å²) in [5.74, 6) is -1.00. The van der Waals surface area contributed by atoms with Crippen molar-refractivity contribution in [1.82, 2.24) is 0 Å². The van der Waals surface area contributed by atoms with Gasteiger partial charge < -0.3 is 5.11 Å². The van der Waals surface area contributed by atoms with Crippen LogP contribution in [0.1, 0.15) is 31.2 Å². The van der Waals surface area contributed by atoms with Crippen LogP contribution in [-0.4, -0.2) is 5.11 Å². The van der Waals surface area contributed by atoms with Crippen LogP contribution in [0.3, 0.4) is 0 Å². The second-order valence-electron chi connectivity index (χ2n) is 4.04. The van der Waals surface area contributed by atoms with Crippen LogP contribution >= 0.6 is 0 Å². The van der Waals surface area contributed by atoms with E-state index in [0.29, 0.717) is 18.4 Å². The summed E-state index contributed by atoms with van der Waals surface area (Å²) < 4.78 is 13.7. The largest absolute Gasteiger partial charge is 0.505 e. The normalized spacial score (nSPS) is 18.7. The summed E-state index contributed by atoms with van der Waals surface area (Å²) in [5.41, 5.74) is -0.370. The van der Waals surface area contributed by atoms with Crippen LogP contribution in [0.2, 0.25) is 0 Å². The van der Waals surface area contributed by atoms with E-state index in [0.717, 1.165) is 12.8 Å². The molecule has 1 aliphatic carbocycles. The van der Waals surface area contributed by atoms with Gasteiger partial charge in [-0.15, -0.1) is 0 Å². The number of nitrogens with zero attached hydrogens (tertiary/aromatic N) is 1. The number of aromatic hydroxyl groups is 1. The van der Waals surface area contributed by atoms with Gasteiger partial charge in [0.25, 0.3) is 0 Å². The molecule has 0 heterocycles. The third-order valence-electron chi connectivity index (χ3n) is 3.17. The smallest absolute Gasteiger partial charge is 0.169 e. The van der Waals surface area contributed by atoms with E-state index in [2.05, 4.69) is 6.07 Å². The highest BCUT2D eigenvalue weighted by molar-refractivity contribution is 5.40. The number of benzene rings is 1. The second kappa shape index (κ2) is 3.54. The molecule has 1 saturated carbocycles. The molecule has 1 N–H and O–H groups in total. The van der Waals surface area contributed by atoms with Crippen molar-refractivity contribution in [3.05, 3.63) is 29.6 Å². The summed E-state index contributed by atoms with van der Waals surface area (Å²) in [7, 11) is 0. The fraction of sp³-hybridized carbons (Fsp3) is 0.417. The molecule has 0 spiro atoms. The predicted octanol–water partition coefficient (Wildman–Crippen LogP) is 2.87. The predicted molar refractivity (Wildman–Crippen MR) is 53.8 cm³/mol. The van der Waals surface area contributed by atoms with Gasteiger partial charge in [-0.25, -0.2) is 4.39 Å². The molecule has 78 valence electrons. The average Bonchev–Trinajstić information content (AvgIpc) is 2.72. The first kappa shape index (κ1) is 9.97. The van der Waals surface area contributed by atoms with Crippen molar-refractivity contribution < 1.29 is 9.50 Å². The van der Waals surface area contributed by atoms with E-state index in [4.69, 9.17) is 0 Å². The number of halogens is 1. The summed E-state index contributed by atoms with van der Waals surface area (Å²) in [6.07, 6.45) is 3.26. The second-order valence-corrected chi connectivity index (χ2v) is 4.04. The topological polar surface area (TPSA) is 44.0 Å². The third-order valence-corrected chi connectivity index (χ3v) is 3.17. The van der Waals surface area contributed by atoms with Crippen molar-refractivity contribution in [2.75, 3.05) is 0 Å². The highest BCUT2D eigenvalue weighted by Gasteiger charge is 2.38. The zero-order chi connectivity index (χ0) is 10.9. The molecule has 0 aromatic heterocycles. The monoisotopic (exact) mass is 205 g/mol. The van der Waals surface area contributed by atoms with E-state index < -0.39 is 11.2 Å². The molecular weight excluding hydrogens is 193 g/mol. The Labute approximate surface area is 88.0 Å². The summed E-state index contributed by atoms with van der Waals surface area (Å²) in [5, 5.41) is 18.5. The van der Waals surface area contributed by atoms with Crippen molar-refractivity contribution in [3.8, 4) is 11.8 Å². The Balaban J connectivity index is 2.53. The molecule has 0 bridgehead atoms. The van der Waals surface area contributed by atoms with E-state index in [1.54, 1.807) is 12.1 Å². The van der Waals surface area contributed by atoms with Gasteiger partial charge in [0.2, 0.25) is 0 Å². The molecule has 2 rings (SSSR count). The van der Waals surface area contributed by atoms with Crippen molar-refractivity contribution in [1.29, 1.82) is 5.26 Å². The van der Waals surface area contributed by atoms with Gasteiger partial charge >= 0.3 is 0 Å². The average molecular weight is 205 g/mol. The van der Waals surface area contributed by atoms with Gasteiger partial charge in [0.1, 0.15) is 0 Å². The quantitative estimate of drug-likeness (QED) is 0.766. The lowest BCUT2D eigenvalue weighted by atomic mass is 9.80. The SMILES string of the molecule is N#CC1(c2cccc(O)c2F)CCCC1. The van der Waals surface area contributed by atoms with E-state index in [1.807, 2.05) is 0 Å². The minimum absolute atomic E-state index is 0.350. The molecule has 1 aliphatic rings. The number of phenols is 1. The van der Waals surface area contributed by atoms with E-state index in [9.17, 15) is 14.8 Å². The Morgan fingerprint density at radius 2 is 2.00 bits per heavy atom. The van der Waals surface area contributed by atoms with Crippen molar-refractivity contribution >= 4 is 0 Å². The maximum Gasteiger partial charge on any atom is 0.169 e. The first-order valence-electron chi connectivity index (χ1n) is 5.09. The summed E-state index contributed by atoms with van der Waals surface area (Å²) >= 11 is 0. The molecule has 1 aromatic rings. The highest BCUT2D eigenvalue weighted by atomic mass is 19.1. The van der Waals surface area contributed by atoms with Crippen LogP contribution in [-0.2, 0) is 5.41 Å².